The van der Waals surface area contributed by atoms with E-state index < -0.39 is 24.3 Å². The van der Waals surface area contributed by atoms with Crippen LogP contribution in [0.3, 0.4) is 0 Å². The number of nitrogens with zero attached hydrogens (tertiary/aromatic N) is 3. The molecule has 0 spiro atoms. The number of nitrogens with two attached hydrogens (primary N) is 1. The average Bonchev–Trinajstić information content (AvgIpc) is 3.13. The van der Waals surface area contributed by atoms with Crippen molar-refractivity contribution < 1.29 is 20.1 Å². The van der Waals surface area contributed by atoms with Gasteiger partial charge in [0.25, 0.3) is 0 Å². The molecule has 0 aliphatic rings. The van der Waals surface area contributed by atoms with Gasteiger partial charge in [-0.3, -0.25) is 14.8 Å². The van der Waals surface area contributed by atoms with Gasteiger partial charge in [-0.05, 0) is 29.8 Å². The largest absolute Gasteiger partial charge is 0.596 e. The smallest absolute Gasteiger partial charge is 0.146 e. The summed E-state index contributed by atoms with van der Waals surface area (Å²) >= 11 is 3.21. The Kier molecular flexibility index (Phi) is 22.3. The van der Waals surface area contributed by atoms with Crippen LogP contribution in [0, 0.1) is 0 Å². The number of benzene rings is 3. The van der Waals surface area contributed by atoms with E-state index in [1.165, 1.54) is 4.90 Å². The Morgan fingerprint density at radius 3 is 1.58 bits per heavy atom. The number of hydrogen-bond acceptors (Lipinski definition) is 10. The predicted molar refractivity (Wildman–Crippen MR) is 210 cm³/mol. The summed E-state index contributed by atoms with van der Waals surface area (Å²) in [7, 11) is 0. The lowest BCUT2D eigenvalue weighted by molar-refractivity contribution is -0.252. The van der Waals surface area contributed by atoms with Crippen LogP contribution in [-0.2, 0) is 11.3 Å². The first-order valence-corrected chi connectivity index (χ1v) is 18.5. The van der Waals surface area contributed by atoms with E-state index in [-0.39, 0.29) is 12.6 Å². The van der Waals surface area contributed by atoms with Gasteiger partial charge in [-0.2, -0.15) is 0 Å². The Bertz CT molecular complexity index is 1360. The highest BCUT2D eigenvalue weighted by Gasteiger charge is 2.21. The lowest BCUT2D eigenvalue weighted by atomic mass is 10.2. The Hall–Kier alpha value is -3.61. The van der Waals surface area contributed by atoms with Crippen LogP contribution in [0.4, 0.5) is 0 Å². The molecule has 0 heterocycles. The fraction of sp³-hybridized carbons (Fsp3) is 0.325. The summed E-state index contributed by atoms with van der Waals surface area (Å²) in [6, 6.07) is 28.5. The van der Waals surface area contributed by atoms with Crippen molar-refractivity contribution in [3.05, 3.63) is 147 Å². The van der Waals surface area contributed by atoms with Crippen molar-refractivity contribution in [3.63, 3.8) is 0 Å². The van der Waals surface area contributed by atoms with Gasteiger partial charge in [-0.1, -0.05) is 91.0 Å². The summed E-state index contributed by atoms with van der Waals surface area (Å²) in [5, 5.41) is 33.3. The standard InChI is InChI=1S/C24H30N2O3S.C16H24N2OS/c1-3-15-26(16-4-2)17-23(27)22(19-30-21-13-9-6-10-14-21)25-24(28)29-18-20-11-7-5-8-12-20;1-3-10-18(11-4-2)12-16(19)15(17)13-20-14-8-6-5-7-9-14/h3-14,22-23,27H,1-2,15-19H2,(H,25,28);3-9,15-16,19H,1-2,10-13,17H2/p-1/t22-,23+;15-,16+/m00/s1. The third-order valence-electron chi connectivity index (χ3n) is 7.20. The summed E-state index contributed by atoms with van der Waals surface area (Å²) in [4.78, 5) is 10.5. The number of thioether (sulfide) groups is 2. The minimum atomic E-state index is -0.828. The van der Waals surface area contributed by atoms with Gasteiger partial charge >= 0.3 is 0 Å². The molecule has 0 saturated carbocycles. The van der Waals surface area contributed by atoms with Crippen molar-refractivity contribution in [2.75, 3.05) is 50.8 Å². The quantitative estimate of drug-likeness (QED) is 0.0523. The normalized spacial score (nSPS) is 13.7. The predicted octanol–water partition coefficient (Wildman–Crippen LogP) is 5.26. The van der Waals surface area contributed by atoms with Crippen LogP contribution >= 0.6 is 23.5 Å². The molecule has 0 bridgehead atoms. The first-order chi connectivity index (χ1) is 24.3. The first-order valence-electron chi connectivity index (χ1n) is 16.6. The van der Waals surface area contributed by atoms with Crippen LogP contribution in [0.5, 0.6) is 0 Å². The number of hydrogen-bond donors (Lipinski definition) is 3. The van der Waals surface area contributed by atoms with Crippen molar-refractivity contribution in [3.8, 4) is 0 Å². The monoisotopic (exact) mass is 717 g/mol. The highest BCUT2D eigenvalue weighted by atomic mass is 32.2. The van der Waals surface area contributed by atoms with Gasteiger partial charge in [-0.25, -0.2) is 0 Å². The van der Waals surface area contributed by atoms with Crippen LogP contribution in [0.25, 0.3) is 0 Å². The molecule has 3 rings (SSSR count). The zero-order chi connectivity index (χ0) is 36.4. The van der Waals surface area contributed by atoms with E-state index in [9.17, 15) is 15.3 Å². The summed E-state index contributed by atoms with van der Waals surface area (Å²) in [5.41, 5.74) is 6.95. The van der Waals surface area contributed by atoms with Crippen LogP contribution < -0.4 is 10.8 Å². The number of ether oxygens (including phenoxy) is 1. The molecule has 0 fully saturated rings. The molecule has 270 valence electrons. The van der Waals surface area contributed by atoms with Gasteiger partial charge in [0.2, 0.25) is 0 Å². The zero-order valence-corrected chi connectivity index (χ0v) is 30.6. The molecule has 8 nitrogen and oxygen atoms in total. The Labute approximate surface area is 307 Å². The van der Waals surface area contributed by atoms with E-state index in [1.54, 1.807) is 35.7 Å². The second kappa shape index (κ2) is 26.2. The first kappa shape index (κ1) is 42.6. The van der Waals surface area contributed by atoms with E-state index in [4.69, 9.17) is 10.5 Å². The van der Waals surface area contributed by atoms with Crippen LogP contribution in [0.2, 0.25) is 0 Å². The highest BCUT2D eigenvalue weighted by Crippen LogP contribution is 2.21. The molecule has 0 aliphatic carbocycles. The Morgan fingerprint density at radius 1 is 0.700 bits per heavy atom. The lowest BCUT2D eigenvalue weighted by Gasteiger charge is -2.27. The van der Waals surface area contributed by atoms with Crippen molar-refractivity contribution in [1.82, 2.24) is 9.80 Å². The van der Waals surface area contributed by atoms with E-state index >= 15 is 0 Å². The Balaban J connectivity index is 0.000000377. The summed E-state index contributed by atoms with van der Waals surface area (Å²) in [5.74, 6) is 1.16. The fourth-order valence-electron chi connectivity index (χ4n) is 4.61. The van der Waals surface area contributed by atoms with E-state index in [2.05, 4.69) is 36.2 Å². The lowest BCUT2D eigenvalue weighted by Crippen LogP contribution is -2.45. The molecule has 4 N–H and O–H groups in total. The molecule has 0 radical (unpaired) electrons. The van der Waals surface area contributed by atoms with E-state index in [0.717, 1.165) is 23.5 Å². The Morgan fingerprint density at radius 2 is 1.12 bits per heavy atom. The number of aliphatic hydroxyl groups is 2. The molecule has 0 amide bonds. The zero-order valence-electron chi connectivity index (χ0n) is 28.9. The van der Waals surface area contributed by atoms with Gasteiger partial charge < -0.3 is 25.8 Å². The topological polar surface area (TPSA) is 118 Å². The molecule has 0 aromatic heterocycles. The number of aliphatic imine (C=N–C) groups is 1. The van der Waals surface area contributed by atoms with Crippen molar-refractivity contribution in [1.29, 1.82) is 0 Å². The second-order valence-electron chi connectivity index (χ2n) is 11.4. The van der Waals surface area contributed by atoms with Gasteiger partial charge in [0, 0.05) is 73.2 Å². The molecule has 4 atom stereocenters. The SMILES string of the molecule is C=CCN(CC=C)C[C@@H](O)[C@@H](N)CSc1ccccc1.C=CCN(CC=C)C[C@@H](O)[C@H](CSc1ccccc1)N=C([O-])OCc1ccccc1. The van der Waals surface area contributed by atoms with Gasteiger partial charge in [0.1, 0.15) is 6.08 Å². The molecular weight excluding hydrogens is 665 g/mol. The highest BCUT2D eigenvalue weighted by molar-refractivity contribution is 7.99. The van der Waals surface area contributed by atoms with Gasteiger partial charge in [0.15, 0.2) is 0 Å². The van der Waals surface area contributed by atoms with Crippen LogP contribution in [0.1, 0.15) is 5.56 Å². The maximum atomic E-state index is 12.3. The summed E-state index contributed by atoms with van der Waals surface area (Å²) in [6.45, 7) is 18.7. The van der Waals surface area contributed by atoms with Gasteiger partial charge in [0.05, 0.1) is 18.2 Å². The van der Waals surface area contributed by atoms with Crippen molar-refractivity contribution in [2.45, 2.75) is 40.7 Å². The minimum Gasteiger partial charge on any atom is -0.596 e. The van der Waals surface area contributed by atoms with Crippen LogP contribution in [-0.4, -0.2) is 101 Å². The molecule has 3 aromatic carbocycles. The molecule has 10 heteroatoms. The molecular formula is C40H53N4O4S2-. The maximum Gasteiger partial charge on any atom is 0.146 e. The minimum absolute atomic E-state index is 0.150. The molecule has 50 heavy (non-hydrogen) atoms. The molecule has 3 aromatic rings. The van der Waals surface area contributed by atoms with E-state index in [1.807, 2.05) is 108 Å². The third kappa shape index (κ3) is 18.4. The van der Waals surface area contributed by atoms with Crippen molar-refractivity contribution >= 4 is 29.6 Å². The average molecular weight is 718 g/mol. The number of rotatable bonds is 23. The molecule has 0 aliphatic heterocycles. The molecule has 0 saturated heterocycles. The summed E-state index contributed by atoms with van der Waals surface area (Å²) in [6.07, 6.45) is 5.14. The third-order valence-corrected chi connectivity index (χ3v) is 9.47. The fourth-order valence-corrected chi connectivity index (χ4v) is 6.57. The number of aliphatic hydroxyl groups excluding tert-OH is 2. The maximum absolute atomic E-state index is 12.3. The van der Waals surface area contributed by atoms with Crippen molar-refractivity contribution in [2.24, 2.45) is 10.7 Å². The van der Waals surface area contributed by atoms with Crippen LogP contribution in [0.15, 0.2) is 156 Å². The second-order valence-corrected chi connectivity index (χ2v) is 13.6. The van der Waals surface area contributed by atoms with Gasteiger partial charge in [-0.15, -0.1) is 49.8 Å². The molecule has 0 unspecified atom stereocenters. The van der Waals surface area contributed by atoms with E-state index in [0.29, 0.717) is 37.7 Å². The summed E-state index contributed by atoms with van der Waals surface area (Å²) < 4.78 is 5.29.